The molecule has 90 valence electrons. The normalized spacial score (nSPS) is 32.2. The highest BCUT2D eigenvalue weighted by Gasteiger charge is 2.28. The topological polar surface area (TPSA) is 24.1 Å². The zero-order chi connectivity index (χ0) is 11.5. The van der Waals surface area contributed by atoms with Crippen molar-refractivity contribution in [2.75, 3.05) is 13.1 Å². The van der Waals surface area contributed by atoms with Crippen molar-refractivity contribution in [3.63, 3.8) is 0 Å². The Morgan fingerprint density at radius 2 is 1.73 bits per heavy atom. The molecular formula is C13H28N2. The minimum Gasteiger partial charge on any atom is -0.312 e. The molecule has 15 heavy (non-hydrogen) atoms. The van der Waals surface area contributed by atoms with E-state index in [0.29, 0.717) is 0 Å². The monoisotopic (exact) mass is 212 g/mol. The predicted molar refractivity (Wildman–Crippen MR) is 67.1 cm³/mol. The molecule has 0 amide bonds. The van der Waals surface area contributed by atoms with Crippen LogP contribution in [0.2, 0.25) is 0 Å². The van der Waals surface area contributed by atoms with Gasteiger partial charge in [0.25, 0.3) is 0 Å². The SMILES string of the molecule is CC1CCC(NCCNC(C)(C)C)C1C. The molecular weight excluding hydrogens is 184 g/mol. The minimum atomic E-state index is 0.246. The van der Waals surface area contributed by atoms with E-state index in [1.807, 2.05) is 0 Å². The van der Waals surface area contributed by atoms with E-state index in [4.69, 9.17) is 0 Å². The third kappa shape index (κ3) is 4.52. The van der Waals surface area contributed by atoms with Crippen LogP contribution < -0.4 is 10.6 Å². The number of hydrogen-bond donors (Lipinski definition) is 2. The summed E-state index contributed by atoms with van der Waals surface area (Å²) in [6.45, 7) is 13.6. The highest BCUT2D eigenvalue weighted by Crippen LogP contribution is 2.30. The lowest BCUT2D eigenvalue weighted by Gasteiger charge is -2.23. The van der Waals surface area contributed by atoms with Crippen molar-refractivity contribution >= 4 is 0 Å². The van der Waals surface area contributed by atoms with Gasteiger partial charge in [-0.15, -0.1) is 0 Å². The summed E-state index contributed by atoms with van der Waals surface area (Å²) in [6, 6.07) is 0.752. The fourth-order valence-corrected chi connectivity index (χ4v) is 2.35. The Balaban J connectivity index is 2.11. The summed E-state index contributed by atoms with van der Waals surface area (Å²) in [5, 5.41) is 7.18. The molecule has 0 aromatic rings. The first-order chi connectivity index (χ1) is 6.90. The third-order valence-corrected chi connectivity index (χ3v) is 3.65. The summed E-state index contributed by atoms with van der Waals surface area (Å²) >= 11 is 0. The molecule has 0 saturated heterocycles. The first-order valence-corrected chi connectivity index (χ1v) is 6.38. The molecule has 3 atom stereocenters. The first kappa shape index (κ1) is 13.0. The smallest absolute Gasteiger partial charge is 0.00970 e. The van der Waals surface area contributed by atoms with Gasteiger partial charge < -0.3 is 10.6 Å². The molecule has 3 unspecified atom stereocenters. The van der Waals surface area contributed by atoms with Crippen LogP contribution in [0.15, 0.2) is 0 Å². The zero-order valence-corrected chi connectivity index (χ0v) is 11.1. The second-order valence-corrected chi connectivity index (χ2v) is 6.15. The van der Waals surface area contributed by atoms with Crippen molar-refractivity contribution in [3.05, 3.63) is 0 Å². The molecule has 0 spiro atoms. The Hall–Kier alpha value is -0.0800. The van der Waals surface area contributed by atoms with Crippen LogP contribution in [-0.2, 0) is 0 Å². The molecule has 1 fully saturated rings. The van der Waals surface area contributed by atoms with Gasteiger partial charge in [-0.1, -0.05) is 13.8 Å². The molecule has 0 radical (unpaired) electrons. The second-order valence-electron chi connectivity index (χ2n) is 6.15. The van der Waals surface area contributed by atoms with Crippen molar-refractivity contribution in [2.45, 2.75) is 59.0 Å². The van der Waals surface area contributed by atoms with Crippen LogP contribution in [0.3, 0.4) is 0 Å². The predicted octanol–water partition coefficient (Wildman–Crippen LogP) is 2.40. The Labute approximate surface area is 95.2 Å². The molecule has 1 rings (SSSR count). The van der Waals surface area contributed by atoms with Crippen molar-refractivity contribution in [1.29, 1.82) is 0 Å². The fraction of sp³-hybridized carbons (Fsp3) is 1.00. The summed E-state index contributed by atoms with van der Waals surface area (Å²) in [6.07, 6.45) is 2.75. The maximum absolute atomic E-state index is 3.67. The molecule has 1 aliphatic rings. The lowest BCUT2D eigenvalue weighted by atomic mass is 9.98. The largest absolute Gasteiger partial charge is 0.312 e. The average Bonchev–Trinajstić information content (AvgIpc) is 2.42. The first-order valence-electron chi connectivity index (χ1n) is 6.38. The maximum Gasteiger partial charge on any atom is 0.00970 e. The van der Waals surface area contributed by atoms with E-state index >= 15 is 0 Å². The van der Waals surface area contributed by atoms with E-state index in [1.54, 1.807) is 0 Å². The summed E-state index contributed by atoms with van der Waals surface area (Å²) in [7, 11) is 0. The van der Waals surface area contributed by atoms with Crippen LogP contribution in [-0.4, -0.2) is 24.7 Å². The maximum atomic E-state index is 3.67. The van der Waals surface area contributed by atoms with Gasteiger partial charge in [0.1, 0.15) is 0 Å². The molecule has 0 aromatic heterocycles. The Morgan fingerprint density at radius 3 is 2.20 bits per heavy atom. The fourth-order valence-electron chi connectivity index (χ4n) is 2.35. The number of hydrogen-bond acceptors (Lipinski definition) is 2. The summed E-state index contributed by atoms with van der Waals surface area (Å²) in [4.78, 5) is 0. The highest BCUT2D eigenvalue weighted by molar-refractivity contribution is 4.85. The second kappa shape index (κ2) is 5.31. The average molecular weight is 212 g/mol. The molecule has 1 aliphatic carbocycles. The molecule has 0 aliphatic heterocycles. The van der Waals surface area contributed by atoms with E-state index in [9.17, 15) is 0 Å². The van der Waals surface area contributed by atoms with Crippen LogP contribution in [0.5, 0.6) is 0 Å². The number of nitrogens with one attached hydrogen (secondary N) is 2. The highest BCUT2D eigenvalue weighted by atomic mass is 15.0. The minimum absolute atomic E-state index is 0.246. The van der Waals surface area contributed by atoms with Gasteiger partial charge in [0, 0.05) is 24.7 Å². The van der Waals surface area contributed by atoms with Gasteiger partial charge in [-0.25, -0.2) is 0 Å². The van der Waals surface area contributed by atoms with Gasteiger partial charge in [-0.2, -0.15) is 0 Å². The van der Waals surface area contributed by atoms with Gasteiger partial charge in [-0.3, -0.25) is 0 Å². The van der Waals surface area contributed by atoms with Crippen LogP contribution in [0.1, 0.15) is 47.5 Å². The van der Waals surface area contributed by atoms with Gasteiger partial charge in [0.2, 0.25) is 0 Å². The molecule has 2 heteroatoms. The third-order valence-electron chi connectivity index (χ3n) is 3.65. The molecule has 2 nitrogen and oxygen atoms in total. The van der Waals surface area contributed by atoms with Gasteiger partial charge in [-0.05, 0) is 45.4 Å². The molecule has 1 saturated carbocycles. The Kier molecular flexibility index (Phi) is 4.60. The van der Waals surface area contributed by atoms with Crippen molar-refractivity contribution in [3.8, 4) is 0 Å². The Bertz CT molecular complexity index is 183. The van der Waals surface area contributed by atoms with Crippen LogP contribution in [0.25, 0.3) is 0 Å². The van der Waals surface area contributed by atoms with Gasteiger partial charge >= 0.3 is 0 Å². The molecule has 2 N–H and O–H groups in total. The summed E-state index contributed by atoms with van der Waals surface area (Å²) < 4.78 is 0. The quantitative estimate of drug-likeness (QED) is 0.699. The van der Waals surface area contributed by atoms with Gasteiger partial charge in [0.15, 0.2) is 0 Å². The summed E-state index contributed by atoms with van der Waals surface area (Å²) in [5.41, 5.74) is 0.246. The zero-order valence-electron chi connectivity index (χ0n) is 11.1. The summed E-state index contributed by atoms with van der Waals surface area (Å²) in [5.74, 6) is 1.75. The van der Waals surface area contributed by atoms with E-state index < -0.39 is 0 Å². The molecule has 0 heterocycles. The van der Waals surface area contributed by atoms with E-state index in [2.05, 4.69) is 45.3 Å². The van der Waals surface area contributed by atoms with Crippen LogP contribution >= 0.6 is 0 Å². The van der Waals surface area contributed by atoms with E-state index in [0.717, 1.165) is 31.0 Å². The molecule has 0 bridgehead atoms. The van der Waals surface area contributed by atoms with Crippen molar-refractivity contribution in [1.82, 2.24) is 10.6 Å². The van der Waals surface area contributed by atoms with Crippen molar-refractivity contribution < 1.29 is 0 Å². The number of rotatable bonds is 4. The lowest BCUT2D eigenvalue weighted by molar-refractivity contribution is 0.357. The Morgan fingerprint density at radius 1 is 1.07 bits per heavy atom. The van der Waals surface area contributed by atoms with Crippen LogP contribution in [0, 0.1) is 11.8 Å². The van der Waals surface area contributed by atoms with Gasteiger partial charge in [0.05, 0.1) is 0 Å². The van der Waals surface area contributed by atoms with Crippen molar-refractivity contribution in [2.24, 2.45) is 11.8 Å². The standard InChI is InChI=1S/C13H28N2/c1-10-6-7-12(11(10)2)14-8-9-15-13(3,4)5/h10-12,14-15H,6-9H2,1-5H3. The lowest BCUT2D eigenvalue weighted by Crippen LogP contribution is -2.43. The van der Waals surface area contributed by atoms with E-state index in [-0.39, 0.29) is 5.54 Å². The molecule has 0 aromatic carbocycles. The van der Waals surface area contributed by atoms with Crippen LogP contribution in [0.4, 0.5) is 0 Å². The van der Waals surface area contributed by atoms with E-state index in [1.165, 1.54) is 12.8 Å².